The number of aromatic nitrogens is 1. The number of hydrogen-bond acceptors (Lipinski definition) is 6. The molecule has 0 saturated carbocycles. The number of aliphatic hydroxyl groups excluding tert-OH is 1. The lowest BCUT2D eigenvalue weighted by Gasteiger charge is -2.23. The highest BCUT2D eigenvalue weighted by Gasteiger charge is 2.33. The Bertz CT molecular complexity index is 1350. The lowest BCUT2D eigenvalue weighted by molar-refractivity contribution is 0.0438. The number of fused-ring (bicyclic) bond motifs is 1. The summed E-state index contributed by atoms with van der Waals surface area (Å²) in [5.74, 6) is -0.167. The van der Waals surface area contributed by atoms with Crippen molar-refractivity contribution in [1.82, 2.24) is 10.3 Å². The van der Waals surface area contributed by atoms with Gasteiger partial charge in [0.25, 0.3) is 0 Å². The normalized spacial score (nSPS) is 17.7. The number of pyridine rings is 1. The number of carbonyl (C=O) groups excluding carboxylic acids is 1. The van der Waals surface area contributed by atoms with Gasteiger partial charge >= 0.3 is 6.09 Å². The van der Waals surface area contributed by atoms with Crippen LogP contribution in [-0.2, 0) is 11.2 Å². The number of alkyl carbamates (subject to hydrolysis) is 1. The van der Waals surface area contributed by atoms with Gasteiger partial charge in [-0.25, -0.2) is 14.2 Å². The van der Waals surface area contributed by atoms with E-state index in [1.165, 1.54) is 12.1 Å². The van der Waals surface area contributed by atoms with E-state index in [4.69, 9.17) is 38.4 Å². The topological polar surface area (TPSA) is 107 Å². The van der Waals surface area contributed by atoms with E-state index in [0.29, 0.717) is 17.5 Å². The zero-order valence-corrected chi connectivity index (χ0v) is 22.3. The Morgan fingerprint density at radius 2 is 1.95 bits per heavy atom. The quantitative estimate of drug-likeness (QED) is 0.319. The molecule has 196 valence electrons. The summed E-state index contributed by atoms with van der Waals surface area (Å²) in [5.41, 5.74) is 8.95. The summed E-state index contributed by atoms with van der Waals surface area (Å²) in [6.45, 7) is 7.02. The van der Waals surface area contributed by atoms with Crippen LogP contribution in [0.5, 0.6) is 5.75 Å². The second kappa shape index (κ2) is 10.4. The standard InChI is InChI=1S/C27H28Cl2FN3O4/c1-13(22-18(28)7-8-19(30)23(22)29)36-21-11-16(12-32-25(21)31)14-5-6-17-15(9-14)10-20(34)24(17)33-26(35)37-27(2,3)4/h5-9,11-13,20,24,34H,10H2,1-4H3,(H2,31,32)(H,33,35)/t13-,20?,24?/m1/s1. The Labute approximate surface area is 224 Å². The van der Waals surface area contributed by atoms with Crippen LogP contribution in [0.3, 0.4) is 0 Å². The van der Waals surface area contributed by atoms with Crippen LogP contribution in [0.1, 0.15) is 56.5 Å². The number of benzene rings is 2. The van der Waals surface area contributed by atoms with Crippen molar-refractivity contribution in [2.24, 2.45) is 0 Å². The zero-order chi connectivity index (χ0) is 27.1. The predicted octanol–water partition coefficient (Wildman–Crippen LogP) is 6.40. The van der Waals surface area contributed by atoms with Crippen LogP contribution in [0.4, 0.5) is 15.0 Å². The van der Waals surface area contributed by atoms with Crippen LogP contribution < -0.4 is 15.8 Å². The van der Waals surface area contributed by atoms with Crippen molar-refractivity contribution in [3.8, 4) is 16.9 Å². The number of aliphatic hydroxyl groups is 1. The molecule has 1 aliphatic rings. The maximum atomic E-state index is 14.0. The van der Waals surface area contributed by atoms with Crippen LogP contribution in [0, 0.1) is 5.82 Å². The number of rotatable bonds is 5. The molecule has 2 unspecified atom stereocenters. The summed E-state index contributed by atoms with van der Waals surface area (Å²) >= 11 is 12.4. The average molecular weight is 548 g/mol. The lowest BCUT2D eigenvalue weighted by Crippen LogP contribution is -2.38. The third-order valence-electron chi connectivity index (χ3n) is 5.97. The molecule has 0 bridgehead atoms. The second-order valence-corrected chi connectivity index (χ2v) is 10.7. The molecule has 3 aromatic rings. The SMILES string of the molecule is C[C@@H](Oc1cc(-c2ccc3c(c2)CC(O)C3NC(=O)OC(C)(C)C)cnc1N)c1c(Cl)ccc(F)c1Cl. The van der Waals surface area contributed by atoms with E-state index in [9.17, 15) is 14.3 Å². The van der Waals surface area contributed by atoms with E-state index in [1.807, 2.05) is 18.2 Å². The minimum atomic E-state index is -0.789. The third-order valence-corrected chi connectivity index (χ3v) is 6.68. The number of nitrogens with one attached hydrogen (secondary N) is 1. The van der Waals surface area contributed by atoms with E-state index in [2.05, 4.69) is 10.3 Å². The molecule has 0 aliphatic heterocycles. The summed E-state index contributed by atoms with van der Waals surface area (Å²) in [7, 11) is 0. The first-order valence-corrected chi connectivity index (χ1v) is 12.5. The van der Waals surface area contributed by atoms with Crippen molar-refractivity contribution in [1.29, 1.82) is 0 Å². The van der Waals surface area contributed by atoms with Gasteiger partial charge in [-0.1, -0.05) is 41.4 Å². The van der Waals surface area contributed by atoms with Crippen molar-refractivity contribution in [2.45, 2.75) is 58.0 Å². The van der Waals surface area contributed by atoms with Crippen LogP contribution in [0.25, 0.3) is 11.1 Å². The first kappa shape index (κ1) is 27.0. The van der Waals surface area contributed by atoms with Crippen LogP contribution in [0.15, 0.2) is 42.6 Å². The highest BCUT2D eigenvalue weighted by molar-refractivity contribution is 6.36. The fourth-order valence-electron chi connectivity index (χ4n) is 4.30. The molecular weight excluding hydrogens is 520 g/mol. The molecule has 1 heterocycles. The number of hydrogen-bond donors (Lipinski definition) is 3. The lowest BCUT2D eigenvalue weighted by atomic mass is 10.0. The summed E-state index contributed by atoms with van der Waals surface area (Å²) in [6, 6.07) is 9.40. The molecule has 4 rings (SSSR count). The molecule has 10 heteroatoms. The Morgan fingerprint density at radius 1 is 1.22 bits per heavy atom. The van der Waals surface area contributed by atoms with Crippen molar-refractivity contribution in [3.63, 3.8) is 0 Å². The van der Waals surface area contributed by atoms with Crippen molar-refractivity contribution in [3.05, 3.63) is 75.1 Å². The van der Waals surface area contributed by atoms with Crippen molar-refractivity contribution < 1.29 is 23.8 Å². The Morgan fingerprint density at radius 3 is 2.65 bits per heavy atom. The maximum absolute atomic E-state index is 14.0. The molecule has 0 saturated heterocycles. The second-order valence-electron chi connectivity index (χ2n) is 9.93. The molecule has 1 aliphatic carbocycles. The van der Waals surface area contributed by atoms with Crippen molar-refractivity contribution in [2.75, 3.05) is 5.73 Å². The van der Waals surface area contributed by atoms with Crippen LogP contribution in [0.2, 0.25) is 10.0 Å². The Balaban J connectivity index is 1.57. The summed E-state index contributed by atoms with van der Waals surface area (Å²) in [4.78, 5) is 16.5. The number of amides is 1. The van der Waals surface area contributed by atoms with Gasteiger partial charge < -0.3 is 25.6 Å². The largest absolute Gasteiger partial charge is 0.482 e. The van der Waals surface area contributed by atoms with Gasteiger partial charge in [-0.3, -0.25) is 0 Å². The Hall–Kier alpha value is -3.07. The molecule has 37 heavy (non-hydrogen) atoms. The van der Waals surface area contributed by atoms with Gasteiger partial charge in [0.2, 0.25) is 0 Å². The zero-order valence-electron chi connectivity index (χ0n) is 20.8. The number of nitrogens with two attached hydrogens (primary N) is 1. The number of halogens is 3. The van der Waals surface area contributed by atoms with Gasteiger partial charge in [0.15, 0.2) is 11.6 Å². The van der Waals surface area contributed by atoms with Gasteiger partial charge in [-0.2, -0.15) is 0 Å². The predicted molar refractivity (Wildman–Crippen MR) is 141 cm³/mol. The highest BCUT2D eigenvalue weighted by atomic mass is 35.5. The molecule has 0 spiro atoms. The summed E-state index contributed by atoms with van der Waals surface area (Å²) in [6.07, 6.45) is -0.111. The van der Waals surface area contributed by atoms with E-state index in [-0.39, 0.29) is 21.6 Å². The molecule has 1 aromatic heterocycles. The molecule has 1 amide bonds. The fourth-order valence-corrected chi connectivity index (χ4v) is 4.97. The molecule has 4 N–H and O–H groups in total. The number of nitrogen functional groups attached to an aromatic ring is 1. The van der Waals surface area contributed by atoms with Crippen molar-refractivity contribution >= 4 is 35.1 Å². The Kier molecular flexibility index (Phi) is 7.55. The maximum Gasteiger partial charge on any atom is 0.408 e. The van der Waals surface area contributed by atoms with Gasteiger partial charge in [-0.15, -0.1) is 0 Å². The first-order chi connectivity index (χ1) is 17.3. The van der Waals surface area contributed by atoms with Gasteiger partial charge in [0.05, 0.1) is 17.2 Å². The van der Waals surface area contributed by atoms with Crippen LogP contribution in [-0.4, -0.2) is 27.9 Å². The van der Waals surface area contributed by atoms with E-state index in [0.717, 1.165) is 16.7 Å². The van der Waals surface area contributed by atoms with E-state index >= 15 is 0 Å². The summed E-state index contributed by atoms with van der Waals surface area (Å²) in [5, 5.41) is 13.5. The average Bonchev–Trinajstić information content (AvgIpc) is 3.11. The highest BCUT2D eigenvalue weighted by Crippen LogP contribution is 2.38. The van der Waals surface area contributed by atoms with E-state index < -0.39 is 35.8 Å². The fraction of sp³-hybridized carbons (Fsp3) is 0.333. The van der Waals surface area contributed by atoms with Gasteiger partial charge in [0.1, 0.15) is 17.5 Å². The molecule has 0 radical (unpaired) electrons. The smallest absolute Gasteiger partial charge is 0.408 e. The molecular formula is C27H28Cl2FN3O4. The number of carbonyl (C=O) groups is 1. The number of ether oxygens (including phenoxy) is 2. The van der Waals surface area contributed by atoms with Crippen LogP contribution >= 0.6 is 23.2 Å². The number of anilines is 1. The molecule has 0 fully saturated rings. The number of nitrogens with zero attached hydrogens (tertiary/aromatic N) is 1. The molecule has 3 atom stereocenters. The summed E-state index contributed by atoms with van der Waals surface area (Å²) < 4.78 is 25.3. The van der Waals surface area contributed by atoms with Gasteiger partial charge in [-0.05, 0) is 62.6 Å². The first-order valence-electron chi connectivity index (χ1n) is 11.7. The molecule has 7 nitrogen and oxygen atoms in total. The van der Waals surface area contributed by atoms with Gasteiger partial charge in [0, 0.05) is 28.8 Å². The third kappa shape index (κ3) is 5.92. The van der Waals surface area contributed by atoms with E-state index in [1.54, 1.807) is 40.0 Å². The molecule has 2 aromatic carbocycles. The monoisotopic (exact) mass is 547 g/mol. The minimum Gasteiger partial charge on any atom is -0.482 e. The minimum absolute atomic E-state index is 0.116.